The minimum atomic E-state index is -0.351. The van der Waals surface area contributed by atoms with E-state index in [0.717, 1.165) is 11.3 Å². The first-order valence-electron chi connectivity index (χ1n) is 8.64. The quantitative estimate of drug-likeness (QED) is 0.471. The van der Waals surface area contributed by atoms with Crippen LogP contribution in [0.2, 0.25) is 0 Å². The molecule has 3 rings (SSSR count). The van der Waals surface area contributed by atoms with Gasteiger partial charge in [-0.1, -0.05) is 24.8 Å². The van der Waals surface area contributed by atoms with E-state index in [1.54, 1.807) is 40.9 Å². The van der Waals surface area contributed by atoms with Crippen LogP contribution < -0.4 is 4.74 Å². The van der Waals surface area contributed by atoms with Crippen LogP contribution in [0.4, 0.5) is 4.39 Å². The number of hydrogen-bond donors (Lipinski definition) is 1. The number of nitrogens with zero attached hydrogens (tertiary/aromatic N) is 2. The van der Waals surface area contributed by atoms with Crippen LogP contribution in [0.3, 0.4) is 0 Å². The molecule has 5 nitrogen and oxygen atoms in total. The van der Waals surface area contributed by atoms with Crippen LogP contribution in [0.25, 0.3) is 5.69 Å². The van der Waals surface area contributed by atoms with Gasteiger partial charge in [0.25, 0.3) is 5.91 Å². The van der Waals surface area contributed by atoms with Crippen molar-refractivity contribution in [3.8, 4) is 11.4 Å². The number of aromatic nitrogens is 2. The van der Waals surface area contributed by atoms with Gasteiger partial charge < -0.3 is 14.6 Å². The second kappa shape index (κ2) is 8.67. The number of rotatable bonds is 7. The average molecular weight is 397 g/mol. The van der Waals surface area contributed by atoms with E-state index < -0.39 is 0 Å². The SMILES string of the molecule is C=CCOc1ccc(CN(C)C(=O)c2c[nH]c(=S)n2-c2ccc(F)cc2)cc1. The molecule has 0 atom stereocenters. The zero-order chi connectivity index (χ0) is 20.1. The number of halogens is 1. The molecule has 7 heteroatoms. The maximum atomic E-state index is 13.2. The zero-order valence-electron chi connectivity index (χ0n) is 15.4. The van der Waals surface area contributed by atoms with Crippen molar-refractivity contribution in [2.75, 3.05) is 13.7 Å². The van der Waals surface area contributed by atoms with Crippen LogP contribution in [0.1, 0.15) is 16.1 Å². The van der Waals surface area contributed by atoms with Gasteiger partial charge in [-0.15, -0.1) is 0 Å². The molecule has 0 unspecified atom stereocenters. The Morgan fingerprint density at radius 3 is 2.57 bits per heavy atom. The molecular formula is C21H20FN3O2S. The van der Waals surface area contributed by atoms with Crippen LogP contribution in [-0.2, 0) is 6.54 Å². The van der Waals surface area contributed by atoms with Crippen molar-refractivity contribution in [3.05, 3.63) is 89.2 Å². The number of carbonyl (C=O) groups excluding carboxylic acids is 1. The fraction of sp³-hybridized carbons (Fsp3) is 0.143. The predicted octanol–water partition coefficient (Wildman–Crippen LogP) is 4.51. The van der Waals surface area contributed by atoms with Gasteiger partial charge in [0, 0.05) is 25.5 Å². The number of hydrogen-bond acceptors (Lipinski definition) is 3. The second-order valence-corrected chi connectivity index (χ2v) is 6.58. The normalized spacial score (nSPS) is 10.5. The highest BCUT2D eigenvalue weighted by molar-refractivity contribution is 7.71. The first-order valence-corrected chi connectivity index (χ1v) is 9.05. The second-order valence-electron chi connectivity index (χ2n) is 6.20. The Hall–Kier alpha value is -3.19. The molecular weight excluding hydrogens is 377 g/mol. The Kier molecular flexibility index (Phi) is 6.06. The van der Waals surface area contributed by atoms with Gasteiger partial charge in [-0.25, -0.2) is 4.39 Å². The molecule has 0 spiro atoms. The van der Waals surface area contributed by atoms with E-state index in [2.05, 4.69) is 11.6 Å². The van der Waals surface area contributed by atoms with Gasteiger partial charge >= 0.3 is 0 Å². The van der Waals surface area contributed by atoms with Crippen molar-refractivity contribution in [1.82, 2.24) is 14.5 Å². The number of carbonyl (C=O) groups is 1. The molecule has 1 aromatic heterocycles. The number of benzene rings is 2. The fourth-order valence-corrected chi connectivity index (χ4v) is 3.02. The third-order valence-corrected chi connectivity index (χ3v) is 4.44. The summed E-state index contributed by atoms with van der Waals surface area (Å²) in [5.41, 5.74) is 1.96. The summed E-state index contributed by atoms with van der Waals surface area (Å²) >= 11 is 5.29. The van der Waals surface area contributed by atoms with E-state index in [0.29, 0.717) is 29.3 Å². The summed E-state index contributed by atoms with van der Waals surface area (Å²) in [5, 5.41) is 0. The molecule has 0 aliphatic carbocycles. The third kappa shape index (κ3) is 4.37. The molecule has 0 saturated carbocycles. The largest absolute Gasteiger partial charge is 0.490 e. The standard InChI is InChI=1S/C21H20FN3O2S/c1-3-12-27-18-10-4-15(5-11-18)14-24(2)20(26)19-13-23-21(28)25(19)17-8-6-16(22)7-9-17/h3-11,13H,1,12,14H2,2H3,(H,23,28). The highest BCUT2D eigenvalue weighted by Crippen LogP contribution is 2.17. The number of H-pyrrole nitrogens is 1. The van der Waals surface area contributed by atoms with Crippen molar-refractivity contribution in [3.63, 3.8) is 0 Å². The molecule has 0 aliphatic rings. The monoisotopic (exact) mass is 397 g/mol. The summed E-state index contributed by atoms with van der Waals surface area (Å²) < 4.78 is 20.7. The van der Waals surface area contributed by atoms with Gasteiger partial charge in [-0.3, -0.25) is 9.36 Å². The Labute approximate surface area is 167 Å². The smallest absolute Gasteiger partial charge is 0.272 e. The minimum Gasteiger partial charge on any atom is -0.490 e. The lowest BCUT2D eigenvalue weighted by molar-refractivity contribution is 0.0777. The molecule has 1 amide bonds. The van der Waals surface area contributed by atoms with Crippen LogP contribution in [0.15, 0.2) is 67.4 Å². The molecule has 0 radical (unpaired) electrons. The lowest BCUT2D eigenvalue weighted by Crippen LogP contribution is -2.28. The molecule has 0 fully saturated rings. The summed E-state index contributed by atoms with van der Waals surface area (Å²) in [6, 6.07) is 13.4. The van der Waals surface area contributed by atoms with Crippen molar-refractivity contribution in [2.45, 2.75) is 6.54 Å². The van der Waals surface area contributed by atoms with E-state index in [1.807, 2.05) is 24.3 Å². The predicted molar refractivity (Wildman–Crippen MR) is 109 cm³/mol. The first kappa shape index (κ1) is 19.6. The third-order valence-electron chi connectivity index (χ3n) is 4.14. The summed E-state index contributed by atoms with van der Waals surface area (Å²) in [4.78, 5) is 17.4. The Morgan fingerprint density at radius 1 is 1.25 bits per heavy atom. The van der Waals surface area contributed by atoms with Crippen molar-refractivity contribution in [1.29, 1.82) is 0 Å². The molecule has 3 aromatic rings. The van der Waals surface area contributed by atoms with Gasteiger partial charge in [0.2, 0.25) is 0 Å². The van der Waals surface area contributed by atoms with Crippen molar-refractivity contribution in [2.24, 2.45) is 0 Å². The van der Waals surface area contributed by atoms with Gasteiger partial charge in [0.05, 0.1) is 0 Å². The minimum absolute atomic E-state index is 0.205. The maximum Gasteiger partial charge on any atom is 0.272 e. The van der Waals surface area contributed by atoms with Crippen LogP contribution in [0, 0.1) is 10.6 Å². The Balaban J connectivity index is 1.78. The zero-order valence-corrected chi connectivity index (χ0v) is 16.2. The Bertz CT molecular complexity index is 1020. The number of imidazole rings is 1. The van der Waals surface area contributed by atoms with Gasteiger partial charge in [0.15, 0.2) is 4.77 Å². The van der Waals surface area contributed by atoms with Crippen molar-refractivity contribution >= 4 is 18.1 Å². The number of ether oxygens (including phenoxy) is 1. The highest BCUT2D eigenvalue weighted by Gasteiger charge is 2.18. The summed E-state index contributed by atoms with van der Waals surface area (Å²) in [7, 11) is 1.72. The van der Waals surface area contributed by atoms with Gasteiger partial charge in [-0.05, 0) is 54.2 Å². The molecule has 0 bridgehead atoms. The van der Waals surface area contributed by atoms with Gasteiger partial charge in [-0.2, -0.15) is 0 Å². The molecule has 0 aliphatic heterocycles. The fourth-order valence-electron chi connectivity index (χ4n) is 2.76. The number of amides is 1. The molecule has 2 aromatic carbocycles. The number of nitrogens with one attached hydrogen (secondary N) is 1. The molecule has 144 valence electrons. The summed E-state index contributed by atoms with van der Waals surface area (Å²) in [6.45, 7) is 4.48. The lowest BCUT2D eigenvalue weighted by Gasteiger charge is -2.18. The average Bonchev–Trinajstić information content (AvgIpc) is 3.09. The maximum absolute atomic E-state index is 13.2. The summed E-state index contributed by atoms with van der Waals surface area (Å²) in [5.74, 6) is 0.188. The van der Waals surface area contributed by atoms with E-state index in [-0.39, 0.29) is 11.7 Å². The van der Waals surface area contributed by atoms with E-state index in [9.17, 15) is 9.18 Å². The Morgan fingerprint density at radius 2 is 1.93 bits per heavy atom. The van der Waals surface area contributed by atoms with Crippen molar-refractivity contribution < 1.29 is 13.9 Å². The van der Waals surface area contributed by atoms with Crippen LogP contribution >= 0.6 is 12.2 Å². The lowest BCUT2D eigenvalue weighted by atomic mass is 10.2. The molecule has 1 N–H and O–H groups in total. The summed E-state index contributed by atoms with van der Waals surface area (Å²) in [6.07, 6.45) is 3.25. The molecule has 28 heavy (non-hydrogen) atoms. The highest BCUT2D eigenvalue weighted by atomic mass is 32.1. The number of aromatic amines is 1. The van der Waals surface area contributed by atoms with Gasteiger partial charge in [0.1, 0.15) is 23.9 Å². The van der Waals surface area contributed by atoms with Crippen LogP contribution in [0.5, 0.6) is 5.75 Å². The molecule has 1 heterocycles. The van der Waals surface area contributed by atoms with E-state index in [4.69, 9.17) is 17.0 Å². The van der Waals surface area contributed by atoms with Crippen LogP contribution in [-0.4, -0.2) is 34.0 Å². The van der Waals surface area contributed by atoms with E-state index in [1.165, 1.54) is 12.1 Å². The topological polar surface area (TPSA) is 50.3 Å². The molecule has 0 saturated heterocycles. The van der Waals surface area contributed by atoms with E-state index >= 15 is 0 Å². The first-order chi connectivity index (χ1) is 13.5.